The normalized spacial score (nSPS) is 16.1. The summed E-state index contributed by atoms with van der Waals surface area (Å²) in [5.74, 6) is -2.39. The molecule has 4 rings (SSSR count). The Morgan fingerprint density at radius 3 is 1.35 bits per heavy atom. The Bertz CT molecular complexity index is 861. The molecule has 8 nitrogen and oxygen atoms in total. The van der Waals surface area contributed by atoms with E-state index in [1.165, 1.54) is 24.3 Å². The first-order valence-electron chi connectivity index (χ1n) is 8.02. The van der Waals surface area contributed by atoms with Crippen molar-refractivity contribution in [3.63, 3.8) is 0 Å². The molecule has 26 heavy (non-hydrogen) atoms. The van der Waals surface area contributed by atoms with Gasteiger partial charge in [-0.2, -0.15) is 0 Å². The molecule has 0 spiro atoms. The van der Waals surface area contributed by atoms with Gasteiger partial charge in [0, 0.05) is 39.6 Å². The lowest BCUT2D eigenvalue weighted by Crippen LogP contribution is -2.45. The summed E-state index contributed by atoms with van der Waals surface area (Å²) in [5, 5.41) is 20.6. The van der Waals surface area contributed by atoms with Crippen molar-refractivity contribution in [1.29, 1.82) is 0 Å². The van der Waals surface area contributed by atoms with Crippen molar-refractivity contribution in [2.75, 3.05) is 26.3 Å². The summed E-state index contributed by atoms with van der Waals surface area (Å²) < 4.78 is 0. The van der Waals surface area contributed by atoms with Crippen LogP contribution in [0, 0.1) is 0 Å². The summed E-state index contributed by atoms with van der Waals surface area (Å²) in [4.78, 5) is 52.3. The third kappa shape index (κ3) is 1.97. The van der Waals surface area contributed by atoms with Crippen molar-refractivity contribution < 1.29 is 29.4 Å². The summed E-state index contributed by atoms with van der Waals surface area (Å²) >= 11 is 0. The van der Waals surface area contributed by atoms with Crippen molar-refractivity contribution in [2.24, 2.45) is 0 Å². The van der Waals surface area contributed by atoms with Gasteiger partial charge in [0.05, 0.1) is 13.2 Å². The van der Waals surface area contributed by atoms with Gasteiger partial charge in [0.1, 0.15) is 0 Å². The monoisotopic (exact) mass is 353 g/mol. The first kappa shape index (κ1) is 16.4. The molecule has 2 aliphatic heterocycles. The van der Waals surface area contributed by atoms with Gasteiger partial charge in [0.25, 0.3) is 23.6 Å². The van der Waals surface area contributed by atoms with E-state index >= 15 is 0 Å². The van der Waals surface area contributed by atoms with Crippen LogP contribution in [0.4, 0.5) is 0 Å². The number of hydrogen-bond acceptors (Lipinski definition) is 6. The lowest BCUT2D eigenvalue weighted by atomic mass is 9.86. The first-order chi connectivity index (χ1) is 12.5. The van der Waals surface area contributed by atoms with E-state index in [0.717, 1.165) is 9.80 Å². The number of carbonyl (C=O) groups is 4. The highest BCUT2D eigenvalue weighted by Crippen LogP contribution is 2.37. The zero-order valence-corrected chi connectivity index (χ0v) is 13.5. The van der Waals surface area contributed by atoms with Gasteiger partial charge < -0.3 is 10.2 Å². The fourth-order valence-corrected chi connectivity index (χ4v) is 3.57. The summed E-state index contributed by atoms with van der Waals surface area (Å²) in [6.45, 7) is -1.37. The number of β-amino-alcohol motifs (C(OH)–C–C–N with tert-alkyl or cyclic N) is 1. The van der Waals surface area contributed by atoms with Gasteiger partial charge in [-0.25, -0.2) is 0 Å². The number of benzene rings is 2. The smallest absolute Gasteiger partial charge is 0.261 e. The van der Waals surface area contributed by atoms with Gasteiger partial charge >= 0.3 is 0 Å². The summed E-state index contributed by atoms with van der Waals surface area (Å²) in [5.41, 5.74) is 0.771. The number of aliphatic hydroxyl groups excluding tert-OH is 1. The Hall–Kier alpha value is -3.10. The second kappa shape index (κ2) is 5.72. The molecule has 0 fully saturated rings. The van der Waals surface area contributed by atoms with E-state index in [2.05, 4.69) is 0 Å². The molecule has 8 heteroatoms. The first-order valence-corrected chi connectivity index (χ1v) is 8.02. The van der Waals surface area contributed by atoms with Crippen molar-refractivity contribution in [1.82, 2.24) is 9.80 Å². The Morgan fingerprint density at radius 1 is 0.692 bits per heavy atom. The highest BCUT2D eigenvalue weighted by atomic mass is 16.3. The Kier molecular flexibility index (Phi) is 3.60. The third-order valence-corrected chi connectivity index (χ3v) is 4.70. The molecule has 0 unspecified atom stereocenters. The number of hydrogen-bond donors (Lipinski definition) is 1. The number of nitrogens with zero attached hydrogens (tertiary/aromatic N) is 2. The summed E-state index contributed by atoms with van der Waals surface area (Å²) in [7, 11) is 0. The van der Waals surface area contributed by atoms with Gasteiger partial charge in [0.2, 0.25) is 0 Å². The van der Waals surface area contributed by atoms with Crippen LogP contribution in [-0.2, 0) is 0 Å². The van der Waals surface area contributed by atoms with Crippen LogP contribution in [0.15, 0.2) is 24.3 Å². The number of rotatable bonds is 4. The van der Waals surface area contributed by atoms with Crippen LogP contribution < -0.4 is 5.11 Å². The van der Waals surface area contributed by atoms with Crippen LogP contribution in [0.25, 0.3) is 10.8 Å². The van der Waals surface area contributed by atoms with Gasteiger partial charge in [-0.3, -0.25) is 29.0 Å². The molecule has 2 heterocycles. The van der Waals surface area contributed by atoms with E-state index in [9.17, 15) is 24.3 Å². The molecular formula is C18H13N2O6-. The zero-order chi connectivity index (χ0) is 18.6. The number of aliphatic hydroxyl groups is 1. The van der Waals surface area contributed by atoms with Gasteiger partial charge in [-0.05, 0) is 24.3 Å². The van der Waals surface area contributed by atoms with Crippen molar-refractivity contribution >= 4 is 34.4 Å². The molecule has 4 amide bonds. The number of amides is 4. The third-order valence-electron chi connectivity index (χ3n) is 4.70. The van der Waals surface area contributed by atoms with Crippen LogP contribution in [0.3, 0.4) is 0 Å². The van der Waals surface area contributed by atoms with E-state index in [-0.39, 0.29) is 52.7 Å². The SMILES string of the molecule is O=C1c2ccc3c4c(ccc(c24)C(=O)N1CC[O-])C(=O)N(CCO)C3=O. The predicted octanol–water partition coefficient (Wildman–Crippen LogP) is -0.616. The molecule has 0 aromatic heterocycles. The lowest BCUT2D eigenvalue weighted by molar-refractivity contribution is -0.367. The van der Waals surface area contributed by atoms with Crippen molar-refractivity contribution in [3.8, 4) is 0 Å². The highest BCUT2D eigenvalue weighted by Gasteiger charge is 2.38. The minimum Gasteiger partial charge on any atom is -0.853 e. The fourth-order valence-electron chi connectivity index (χ4n) is 3.57. The van der Waals surface area contributed by atoms with Gasteiger partial charge in [-0.1, -0.05) is 0 Å². The predicted molar refractivity (Wildman–Crippen MR) is 86.6 cm³/mol. The topological polar surface area (TPSA) is 118 Å². The average molecular weight is 353 g/mol. The van der Waals surface area contributed by atoms with E-state index < -0.39 is 30.2 Å². The number of carbonyl (C=O) groups excluding carboxylic acids is 4. The molecule has 2 aliphatic rings. The molecule has 0 radical (unpaired) electrons. The maximum atomic E-state index is 12.6. The second-order valence-corrected chi connectivity index (χ2v) is 6.02. The van der Waals surface area contributed by atoms with Crippen molar-refractivity contribution in [3.05, 3.63) is 46.5 Å². The number of imide groups is 2. The minimum atomic E-state index is -0.612. The summed E-state index contributed by atoms with van der Waals surface area (Å²) in [6.07, 6.45) is 0. The molecule has 0 atom stereocenters. The Labute approximate surface area is 147 Å². The van der Waals surface area contributed by atoms with Gasteiger partial charge in [0.15, 0.2) is 0 Å². The molecule has 1 N–H and O–H groups in total. The van der Waals surface area contributed by atoms with Crippen LogP contribution >= 0.6 is 0 Å². The van der Waals surface area contributed by atoms with E-state index in [1.807, 2.05) is 0 Å². The molecule has 2 aromatic carbocycles. The maximum absolute atomic E-state index is 12.6. The van der Waals surface area contributed by atoms with E-state index in [4.69, 9.17) is 5.11 Å². The van der Waals surface area contributed by atoms with Crippen LogP contribution in [0.2, 0.25) is 0 Å². The standard InChI is InChI=1S/C18H13N2O6/c21-7-5-19-15(23)9-1-2-10-14-12(4-3-11(13(9)14)17(19)25)18(26)20(6-8-22)16(10)24/h1-4,21H,5-8H2/q-1. The highest BCUT2D eigenvalue weighted by molar-refractivity contribution is 6.33. The Morgan fingerprint density at radius 2 is 1.04 bits per heavy atom. The lowest BCUT2D eigenvalue weighted by Gasteiger charge is -2.32. The molecule has 0 aliphatic carbocycles. The molecule has 0 bridgehead atoms. The quantitative estimate of drug-likeness (QED) is 0.732. The minimum absolute atomic E-state index is 0.142. The molecule has 132 valence electrons. The molecule has 0 saturated carbocycles. The Balaban J connectivity index is 2.02. The second-order valence-electron chi connectivity index (χ2n) is 6.02. The average Bonchev–Trinajstić information content (AvgIpc) is 2.64. The molecular weight excluding hydrogens is 340 g/mol. The van der Waals surface area contributed by atoms with Gasteiger partial charge in [-0.15, -0.1) is 6.61 Å². The van der Waals surface area contributed by atoms with Crippen LogP contribution in [-0.4, -0.2) is 64.8 Å². The molecule has 2 aromatic rings. The van der Waals surface area contributed by atoms with Crippen LogP contribution in [0.5, 0.6) is 0 Å². The van der Waals surface area contributed by atoms with E-state index in [0.29, 0.717) is 0 Å². The van der Waals surface area contributed by atoms with E-state index in [1.54, 1.807) is 0 Å². The zero-order valence-electron chi connectivity index (χ0n) is 13.5. The molecule has 0 saturated heterocycles. The van der Waals surface area contributed by atoms with Crippen molar-refractivity contribution in [2.45, 2.75) is 0 Å². The maximum Gasteiger partial charge on any atom is 0.261 e. The fraction of sp³-hybridized carbons (Fsp3) is 0.222. The van der Waals surface area contributed by atoms with Crippen LogP contribution in [0.1, 0.15) is 41.4 Å². The largest absolute Gasteiger partial charge is 0.853 e. The summed E-state index contributed by atoms with van der Waals surface area (Å²) in [6, 6.07) is 5.74.